The van der Waals surface area contributed by atoms with Crippen LogP contribution in [0.2, 0.25) is 0 Å². The second kappa shape index (κ2) is 7.38. The Morgan fingerprint density at radius 1 is 1.35 bits per heavy atom. The number of rotatable bonds is 7. The monoisotopic (exact) mass is 369 g/mol. The summed E-state index contributed by atoms with van der Waals surface area (Å²) < 4.78 is 35.8. The van der Waals surface area contributed by atoms with Gasteiger partial charge in [0.2, 0.25) is 0 Å². The van der Waals surface area contributed by atoms with Crippen LogP contribution >= 0.6 is 0 Å². The molecule has 26 heavy (non-hydrogen) atoms. The highest BCUT2D eigenvalue weighted by atomic mass is 19.3. The second-order valence-electron chi connectivity index (χ2n) is 5.71. The van der Waals surface area contributed by atoms with Crippen molar-refractivity contribution in [1.29, 1.82) is 0 Å². The molecular weight excluding hydrogens is 352 g/mol. The summed E-state index contributed by atoms with van der Waals surface area (Å²) in [5.74, 6) is -2.28. The lowest BCUT2D eigenvalue weighted by Gasteiger charge is -2.19. The lowest BCUT2D eigenvalue weighted by Crippen LogP contribution is -2.35. The van der Waals surface area contributed by atoms with Gasteiger partial charge in [0.1, 0.15) is 0 Å². The van der Waals surface area contributed by atoms with Crippen LogP contribution in [0.4, 0.5) is 14.5 Å². The van der Waals surface area contributed by atoms with E-state index in [0.29, 0.717) is 0 Å². The minimum Gasteiger partial charge on any atom is -0.493 e. The van der Waals surface area contributed by atoms with E-state index in [1.807, 2.05) is 0 Å². The Labute approximate surface area is 147 Å². The summed E-state index contributed by atoms with van der Waals surface area (Å²) in [7, 11) is 1.26. The molecule has 8 nitrogen and oxygen atoms in total. The fraction of sp³-hybridized carbons (Fsp3) is 0.312. The first-order chi connectivity index (χ1) is 12.2. The van der Waals surface area contributed by atoms with Crippen molar-refractivity contribution >= 4 is 17.6 Å². The van der Waals surface area contributed by atoms with Crippen molar-refractivity contribution in [3.63, 3.8) is 0 Å². The van der Waals surface area contributed by atoms with Gasteiger partial charge in [0.15, 0.2) is 17.0 Å². The number of carbonyl (C=O) groups excluding carboxylic acids is 1. The Hall–Kier alpha value is -3.17. The maximum absolute atomic E-state index is 12.6. The molecule has 2 aromatic rings. The quantitative estimate of drug-likeness (QED) is 0.778. The highest BCUT2D eigenvalue weighted by Gasteiger charge is 2.30. The van der Waals surface area contributed by atoms with Crippen molar-refractivity contribution in [2.75, 3.05) is 12.4 Å². The molecule has 1 aromatic carbocycles. The number of carboxylic acids is 1. The number of hydrogen-bond acceptors (Lipinski definition) is 5. The molecule has 0 saturated carbocycles. The smallest absolute Gasteiger partial charge is 0.387 e. The number of amides is 1. The van der Waals surface area contributed by atoms with Gasteiger partial charge in [0.25, 0.3) is 5.91 Å². The first-order valence-electron chi connectivity index (χ1n) is 7.38. The zero-order valence-electron chi connectivity index (χ0n) is 14.2. The number of nitrogens with zero attached hydrogens (tertiary/aromatic N) is 2. The second-order valence-corrected chi connectivity index (χ2v) is 5.71. The van der Waals surface area contributed by atoms with Crippen molar-refractivity contribution in [2.45, 2.75) is 26.0 Å². The van der Waals surface area contributed by atoms with Crippen LogP contribution in [0.25, 0.3) is 0 Å². The van der Waals surface area contributed by atoms with Gasteiger partial charge >= 0.3 is 12.6 Å². The molecule has 0 spiro atoms. The molecule has 2 rings (SSSR count). The topological polar surface area (TPSA) is 103 Å². The molecule has 0 atom stereocenters. The average molecular weight is 369 g/mol. The molecule has 10 heteroatoms. The third-order valence-electron chi connectivity index (χ3n) is 3.59. The van der Waals surface area contributed by atoms with Gasteiger partial charge in [-0.15, -0.1) is 0 Å². The molecule has 0 bridgehead atoms. The highest BCUT2D eigenvalue weighted by Crippen LogP contribution is 2.33. The summed E-state index contributed by atoms with van der Waals surface area (Å²) in [6.45, 7) is -0.272. The zero-order chi connectivity index (χ0) is 19.5. The van der Waals surface area contributed by atoms with Crippen LogP contribution in [0, 0.1) is 0 Å². The largest absolute Gasteiger partial charge is 0.493 e. The van der Waals surface area contributed by atoms with Crippen LogP contribution in [-0.4, -0.2) is 40.5 Å². The molecule has 0 aliphatic carbocycles. The fourth-order valence-corrected chi connectivity index (χ4v) is 2.06. The number of anilines is 1. The van der Waals surface area contributed by atoms with Gasteiger partial charge in [-0.3, -0.25) is 9.48 Å². The van der Waals surface area contributed by atoms with E-state index in [-0.39, 0.29) is 17.0 Å². The van der Waals surface area contributed by atoms with E-state index in [4.69, 9.17) is 4.74 Å². The molecule has 0 saturated heterocycles. The van der Waals surface area contributed by atoms with E-state index in [1.165, 1.54) is 51.6 Å². The van der Waals surface area contributed by atoms with Crippen LogP contribution < -0.4 is 14.8 Å². The molecule has 2 N–H and O–H groups in total. The number of hydrogen-bond donors (Lipinski definition) is 2. The molecule has 0 fully saturated rings. The molecule has 0 unspecified atom stereocenters. The summed E-state index contributed by atoms with van der Waals surface area (Å²) in [6, 6.07) is 4.12. The fourth-order valence-electron chi connectivity index (χ4n) is 2.06. The maximum atomic E-state index is 12.6. The van der Waals surface area contributed by atoms with Crippen molar-refractivity contribution in [3.8, 4) is 11.5 Å². The third-order valence-corrected chi connectivity index (χ3v) is 3.59. The summed E-state index contributed by atoms with van der Waals surface area (Å²) in [5.41, 5.74) is -1.31. The van der Waals surface area contributed by atoms with Crippen molar-refractivity contribution < 1.29 is 33.0 Å². The molecule has 1 heterocycles. The van der Waals surface area contributed by atoms with Crippen molar-refractivity contribution in [1.82, 2.24) is 9.78 Å². The normalized spacial score (nSPS) is 11.3. The Kier molecular flexibility index (Phi) is 5.44. The van der Waals surface area contributed by atoms with E-state index in [2.05, 4.69) is 15.2 Å². The highest BCUT2D eigenvalue weighted by molar-refractivity contribution is 6.06. The number of halogens is 2. The maximum Gasteiger partial charge on any atom is 0.387 e. The predicted octanol–water partition coefficient (Wildman–Crippen LogP) is 2.57. The number of carboxylic acid groups (broad SMARTS) is 1. The molecular formula is C16H17F2N3O5. The molecule has 1 amide bonds. The van der Waals surface area contributed by atoms with Crippen LogP contribution in [-0.2, 0) is 10.3 Å². The number of para-hydroxylation sites is 1. The van der Waals surface area contributed by atoms with Crippen molar-refractivity contribution in [2.24, 2.45) is 0 Å². The Morgan fingerprint density at radius 3 is 2.62 bits per heavy atom. The van der Waals surface area contributed by atoms with Crippen molar-refractivity contribution in [3.05, 3.63) is 36.2 Å². The van der Waals surface area contributed by atoms with Gasteiger partial charge < -0.3 is 19.9 Å². The van der Waals surface area contributed by atoms with Gasteiger partial charge in [-0.05, 0) is 26.0 Å². The van der Waals surface area contributed by atoms with E-state index < -0.39 is 29.8 Å². The SMILES string of the molecule is COc1cccc(C(=O)Nc2cnn(C(C)(C)C(=O)O)c2)c1OC(F)F. The number of aromatic nitrogens is 2. The van der Waals surface area contributed by atoms with Crippen LogP contribution in [0.5, 0.6) is 11.5 Å². The number of alkyl halides is 2. The van der Waals surface area contributed by atoms with E-state index in [0.717, 1.165) is 4.68 Å². The molecule has 1 aromatic heterocycles. The van der Waals surface area contributed by atoms with Gasteiger partial charge in [-0.2, -0.15) is 13.9 Å². The molecule has 0 aliphatic rings. The van der Waals surface area contributed by atoms with Gasteiger partial charge in [0, 0.05) is 6.20 Å². The first kappa shape index (κ1) is 19.2. The summed E-state index contributed by atoms with van der Waals surface area (Å²) >= 11 is 0. The van der Waals surface area contributed by atoms with Crippen LogP contribution in [0.1, 0.15) is 24.2 Å². The summed E-state index contributed by atoms with van der Waals surface area (Å²) in [4.78, 5) is 23.7. The van der Waals surface area contributed by atoms with E-state index in [9.17, 15) is 23.5 Å². The Balaban J connectivity index is 2.29. The number of nitrogens with one attached hydrogen (secondary N) is 1. The minimum atomic E-state index is -3.14. The number of aliphatic carboxylic acids is 1. The number of ether oxygens (including phenoxy) is 2. The van der Waals surface area contributed by atoms with E-state index in [1.54, 1.807) is 0 Å². The van der Waals surface area contributed by atoms with E-state index >= 15 is 0 Å². The predicted molar refractivity (Wildman–Crippen MR) is 86.8 cm³/mol. The minimum absolute atomic E-state index is 0.0272. The van der Waals surface area contributed by atoms with Crippen LogP contribution in [0.15, 0.2) is 30.6 Å². The number of benzene rings is 1. The van der Waals surface area contributed by atoms with Gasteiger partial charge in [0.05, 0.1) is 24.6 Å². The molecule has 0 aliphatic heterocycles. The molecule has 140 valence electrons. The van der Waals surface area contributed by atoms with Gasteiger partial charge in [-0.1, -0.05) is 6.07 Å². The Bertz CT molecular complexity index is 820. The van der Waals surface area contributed by atoms with Crippen LogP contribution in [0.3, 0.4) is 0 Å². The zero-order valence-corrected chi connectivity index (χ0v) is 14.2. The number of carbonyl (C=O) groups is 2. The first-order valence-corrected chi connectivity index (χ1v) is 7.38. The standard InChI is InChI=1S/C16H17F2N3O5/c1-16(2,14(23)24)21-8-9(7-19-21)20-13(22)10-5-4-6-11(25-3)12(10)26-15(17)18/h4-8,15H,1-3H3,(H,20,22)(H,23,24). The lowest BCUT2D eigenvalue weighted by molar-refractivity contribution is -0.146. The number of methoxy groups -OCH3 is 1. The third kappa shape index (κ3) is 3.90. The average Bonchev–Trinajstić information content (AvgIpc) is 3.03. The summed E-state index contributed by atoms with van der Waals surface area (Å²) in [5, 5.41) is 15.6. The van der Waals surface area contributed by atoms with Gasteiger partial charge in [-0.25, -0.2) is 4.79 Å². The summed E-state index contributed by atoms with van der Waals surface area (Å²) in [6.07, 6.45) is 2.57. The Morgan fingerprint density at radius 2 is 2.04 bits per heavy atom. The molecule has 0 radical (unpaired) electrons. The lowest BCUT2D eigenvalue weighted by atomic mass is 10.1.